The van der Waals surface area contributed by atoms with Crippen molar-refractivity contribution in [2.75, 3.05) is 6.54 Å². The molecule has 0 heterocycles. The normalized spacial score (nSPS) is 13.0. The summed E-state index contributed by atoms with van der Waals surface area (Å²) in [4.78, 5) is 34.8. The summed E-state index contributed by atoms with van der Waals surface area (Å²) in [6.07, 6.45) is 50.1. The molecule has 0 spiro atoms. The molecule has 1 atom stereocenters. The fourth-order valence-corrected chi connectivity index (χ4v) is 4.85. The average Bonchev–Trinajstić information content (AvgIpc) is 3.07. The van der Waals surface area contributed by atoms with E-state index in [1.54, 1.807) is 0 Å². The summed E-state index contributed by atoms with van der Waals surface area (Å²) in [6, 6.07) is 0. The number of carboxylic acids is 1. The fourth-order valence-electron chi connectivity index (χ4n) is 4.85. The van der Waals surface area contributed by atoms with Crippen molar-refractivity contribution >= 4 is 17.8 Å². The lowest BCUT2D eigenvalue weighted by Crippen LogP contribution is -2.28. The lowest BCUT2D eigenvalue weighted by Gasteiger charge is -2.14. The number of carboxylic acid groups (broad SMARTS) is 1. The van der Waals surface area contributed by atoms with E-state index in [0.717, 1.165) is 122 Å². The Hall–Kier alpha value is -3.41. The molecule has 0 aromatic heterocycles. The number of hydrogen-bond donors (Lipinski definition) is 2. The van der Waals surface area contributed by atoms with Crippen molar-refractivity contribution in [2.24, 2.45) is 0 Å². The van der Waals surface area contributed by atoms with Crippen LogP contribution in [-0.4, -0.2) is 35.6 Å². The van der Waals surface area contributed by atoms with E-state index in [1.165, 1.54) is 0 Å². The minimum atomic E-state index is -1.03. The first kappa shape index (κ1) is 44.6. The lowest BCUT2D eigenvalue weighted by molar-refractivity contribution is -0.147. The summed E-state index contributed by atoms with van der Waals surface area (Å²) in [5.74, 6) is -1.34. The van der Waals surface area contributed by atoms with Crippen molar-refractivity contribution in [3.8, 4) is 0 Å². The second-order valence-electron chi connectivity index (χ2n) is 12.1. The molecule has 0 bridgehead atoms. The summed E-state index contributed by atoms with van der Waals surface area (Å²) in [5, 5.41) is 11.0. The summed E-state index contributed by atoms with van der Waals surface area (Å²) >= 11 is 0. The number of nitrogens with one attached hydrogen (secondary N) is 1. The van der Waals surface area contributed by atoms with Crippen LogP contribution in [0.4, 0.5) is 0 Å². The van der Waals surface area contributed by atoms with Crippen molar-refractivity contribution in [1.82, 2.24) is 5.32 Å². The maximum Gasteiger partial charge on any atom is 0.322 e. The summed E-state index contributed by atoms with van der Waals surface area (Å²) in [5.41, 5.74) is 0. The van der Waals surface area contributed by atoms with E-state index in [9.17, 15) is 14.4 Å². The number of amides is 1. The van der Waals surface area contributed by atoms with E-state index in [2.05, 4.69) is 98.2 Å². The van der Waals surface area contributed by atoms with Crippen molar-refractivity contribution in [3.63, 3.8) is 0 Å². The molecule has 1 amide bonds. The van der Waals surface area contributed by atoms with Gasteiger partial charge >= 0.3 is 11.9 Å². The standard InChI is InChI=1S/C42H67NO5/c1-3-5-7-9-11-13-14-15-16-17-18-19-20-21-23-29-33-37-42(47)48-39(34-30-26-22-12-10-8-6-4-2)35-31-27-24-25-28-32-36-40(44)43-38-41(45)46/h5-8,11-13,15-16,18-19,22,30,34,39H,3-4,9-10,14,17,20-21,23-29,31-33,35-38H2,1-2H3,(H,43,44)(H,45,46)/b7-5-,8-6-,13-11-,16-15-,19-18-,22-12-,34-30-. The van der Waals surface area contributed by atoms with E-state index < -0.39 is 5.97 Å². The highest BCUT2D eigenvalue weighted by atomic mass is 16.5. The molecule has 0 aromatic rings. The Morgan fingerprint density at radius 3 is 1.58 bits per heavy atom. The van der Waals surface area contributed by atoms with Crippen LogP contribution in [0, 0.1) is 0 Å². The molecule has 0 saturated carbocycles. The van der Waals surface area contributed by atoms with Crippen LogP contribution in [0.3, 0.4) is 0 Å². The predicted octanol–water partition coefficient (Wildman–Crippen LogP) is 11.2. The Kier molecular flexibility index (Phi) is 33.8. The zero-order valence-electron chi connectivity index (χ0n) is 30.3. The first-order chi connectivity index (χ1) is 23.5. The second kappa shape index (κ2) is 36.4. The smallest absolute Gasteiger partial charge is 0.322 e. The molecule has 0 saturated heterocycles. The molecule has 0 aromatic carbocycles. The van der Waals surface area contributed by atoms with Crippen molar-refractivity contribution in [2.45, 2.75) is 155 Å². The number of rotatable bonds is 32. The molecule has 0 aliphatic rings. The number of esters is 1. The molecule has 0 radical (unpaired) electrons. The zero-order valence-corrected chi connectivity index (χ0v) is 30.3. The fraction of sp³-hybridized carbons (Fsp3) is 0.595. The number of allylic oxidation sites excluding steroid dienone is 13. The Morgan fingerprint density at radius 2 is 1.02 bits per heavy atom. The van der Waals surface area contributed by atoms with Gasteiger partial charge in [0.15, 0.2) is 0 Å². The first-order valence-electron chi connectivity index (χ1n) is 18.7. The van der Waals surface area contributed by atoms with Crippen LogP contribution in [-0.2, 0) is 19.1 Å². The van der Waals surface area contributed by atoms with Gasteiger partial charge < -0.3 is 15.2 Å². The molecule has 0 aliphatic heterocycles. The Morgan fingerprint density at radius 1 is 0.562 bits per heavy atom. The van der Waals surface area contributed by atoms with E-state index in [4.69, 9.17) is 9.84 Å². The van der Waals surface area contributed by atoms with Crippen LogP contribution in [0.5, 0.6) is 0 Å². The second-order valence-corrected chi connectivity index (χ2v) is 12.1. The predicted molar refractivity (Wildman–Crippen MR) is 203 cm³/mol. The summed E-state index contributed by atoms with van der Waals surface area (Å²) < 4.78 is 5.88. The maximum atomic E-state index is 12.6. The van der Waals surface area contributed by atoms with E-state index in [0.29, 0.717) is 12.8 Å². The highest BCUT2D eigenvalue weighted by Gasteiger charge is 2.11. The molecular weight excluding hydrogens is 598 g/mol. The molecule has 0 rings (SSSR count). The monoisotopic (exact) mass is 666 g/mol. The number of carbonyl (C=O) groups is 3. The van der Waals surface area contributed by atoms with Crippen LogP contribution in [0.25, 0.3) is 0 Å². The van der Waals surface area contributed by atoms with Gasteiger partial charge in [0, 0.05) is 12.8 Å². The van der Waals surface area contributed by atoms with Gasteiger partial charge in [0.05, 0.1) is 0 Å². The van der Waals surface area contributed by atoms with Crippen molar-refractivity contribution in [1.29, 1.82) is 0 Å². The largest absolute Gasteiger partial charge is 0.480 e. The van der Waals surface area contributed by atoms with Crippen LogP contribution in [0.1, 0.15) is 149 Å². The van der Waals surface area contributed by atoms with Crippen molar-refractivity contribution in [3.05, 3.63) is 85.1 Å². The summed E-state index contributed by atoms with van der Waals surface area (Å²) in [7, 11) is 0. The topological polar surface area (TPSA) is 92.7 Å². The molecule has 0 fully saturated rings. The third-order valence-corrected chi connectivity index (χ3v) is 7.55. The van der Waals surface area contributed by atoms with Crippen LogP contribution in [0.15, 0.2) is 85.1 Å². The zero-order chi connectivity index (χ0) is 35.2. The molecular formula is C42H67NO5. The number of carbonyl (C=O) groups excluding carboxylic acids is 2. The average molecular weight is 666 g/mol. The number of unbranched alkanes of at least 4 members (excludes halogenated alkanes) is 9. The number of hydrogen-bond acceptors (Lipinski definition) is 4. The van der Waals surface area contributed by atoms with Gasteiger partial charge in [-0.2, -0.15) is 0 Å². The molecule has 1 unspecified atom stereocenters. The lowest BCUT2D eigenvalue weighted by atomic mass is 10.1. The van der Waals surface area contributed by atoms with Crippen LogP contribution < -0.4 is 5.32 Å². The Labute approximate surface area is 293 Å². The van der Waals surface area contributed by atoms with Gasteiger partial charge in [0.2, 0.25) is 5.91 Å². The first-order valence-corrected chi connectivity index (χ1v) is 18.7. The molecule has 270 valence electrons. The van der Waals surface area contributed by atoms with Gasteiger partial charge in [0.1, 0.15) is 12.6 Å². The van der Waals surface area contributed by atoms with Gasteiger partial charge in [-0.25, -0.2) is 0 Å². The third-order valence-electron chi connectivity index (χ3n) is 7.55. The van der Waals surface area contributed by atoms with Crippen LogP contribution >= 0.6 is 0 Å². The van der Waals surface area contributed by atoms with Gasteiger partial charge in [-0.1, -0.05) is 131 Å². The van der Waals surface area contributed by atoms with Gasteiger partial charge in [-0.15, -0.1) is 0 Å². The van der Waals surface area contributed by atoms with Crippen molar-refractivity contribution < 1.29 is 24.2 Å². The maximum absolute atomic E-state index is 12.6. The van der Waals surface area contributed by atoms with Gasteiger partial charge in [-0.05, 0) is 89.5 Å². The van der Waals surface area contributed by atoms with Gasteiger partial charge in [-0.3, -0.25) is 14.4 Å². The van der Waals surface area contributed by atoms with E-state index >= 15 is 0 Å². The molecule has 6 heteroatoms. The number of aliphatic carboxylic acids is 1. The van der Waals surface area contributed by atoms with E-state index in [-0.39, 0.29) is 24.5 Å². The minimum Gasteiger partial charge on any atom is -0.480 e. The molecule has 6 nitrogen and oxygen atoms in total. The number of ether oxygens (including phenoxy) is 1. The third kappa shape index (κ3) is 35.4. The van der Waals surface area contributed by atoms with Crippen LogP contribution in [0.2, 0.25) is 0 Å². The Bertz CT molecular complexity index is 1000. The van der Waals surface area contributed by atoms with Gasteiger partial charge in [0.25, 0.3) is 0 Å². The highest BCUT2D eigenvalue weighted by molar-refractivity contribution is 5.80. The molecule has 0 aliphatic carbocycles. The van der Waals surface area contributed by atoms with E-state index in [1.807, 2.05) is 6.08 Å². The highest BCUT2D eigenvalue weighted by Crippen LogP contribution is 2.15. The molecule has 2 N–H and O–H groups in total. The quantitative estimate of drug-likeness (QED) is 0.0424. The SMILES string of the molecule is CC/C=C\C/C=C\C/C=C\C/C=C\CCCCCCC(=O)OC(/C=C\C/C=C\C/C=C\CC)CCCCCCCCC(=O)NCC(=O)O. The molecule has 48 heavy (non-hydrogen) atoms. The summed E-state index contributed by atoms with van der Waals surface area (Å²) in [6.45, 7) is 3.96. The minimum absolute atomic E-state index is 0.106. The Balaban J connectivity index is 4.26.